The summed E-state index contributed by atoms with van der Waals surface area (Å²) in [5, 5.41) is 0. The maximum absolute atomic E-state index is 4.08. The minimum absolute atomic E-state index is 1.04. The van der Waals surface area contributed by atoms with E-state index >= 15 is 0 Å². The smallest absolute Gasteiger partial charge is 0.0373 e. The number of rotatable bonds is 3. The number of aromatic nitrogens is 1. The normalized spacial score (nSPS) is 8.89. The molecule has 19 heavy (non-hydrogen) atoms. The summed E-state index contributed by atoms with van der Waals surface area (Å²) in [7, 11) is 0. The summed E-state index contributed by atoms with van der Waals surface area (Å²) in [4.78, 5) is 4.08. The summed E-state index contributed by atoms with van der Waals surface area (Å²) in [6.07, 6.45) is 7.25. The van der Waals surface area contributed by atoms with Crippen molar-refractivity contribution in [3.8, 4) is 0 Å². The highest BCUT2D eigenvalue weighted by molar-refractivity contribution is 5.63. The van der Waals surface area contributed by atoms with Gasteiger partial charge in [0.25, 0.3) is 0 Å². The highest BCUT2D eigenvalue weighted by atomic mass is 14.6. The van der Waals surface area contributed by atoms with Gasteiger partial charge in [-0.25, -0.2) is 0 Å². The van der Waals surface area contributed by atoms with Gasteiger partial charge in [-0.05, 0) is 29.7 Å². The summed E-state index contributed by atoms with van der Waals surface area (Å²) in [5.74, 6) is 0. The molecule has 1 aromatic carbocycles. The van der Waals surface area contributed by atoms with Crippen molar-refractivity contribution in [3.05, 3.63) is 84.7 Å². The average Bonchev–Trinajstić information content (AvgIpc) is 2.48. The molecule has 2 rings (SSSR count). The molecule has 0 N–H and O–H groups in total. The van der Waals surface area contributed by atoms with E-state index in [1.54, 1.807) is 6.08 Å². The van der Waals surface area contributed by atoms with E-state index in [2.05, 4.69) is 24.7 Å². The Labute approximate surface area is 115 Å². The van der Waals surface area contributed by atoms with Gasteiger partial charge in [0.2, 0.25) is 0 Å². The summed E-state index contributed by atoms with van der Waals surface area (Å²) in [6, 6.07) is 12.0. The van der Waals surface area contributed by atoms with Crippen molar-refractivity contribution in [1.29, 1.82) is 0 Å². The molecule has 2 aromatic rings. The molecule has 1 heteroatoms. The van der Waals surface area contributed by atoms with Gasteiger partial charge in [-0.2, -0.15) is 0 Å². The lowest BCUT2D eigenvalue weighted by Crippen LogP contribution is -1.78. The molecule has 0 unspecified atom stereocenters. The molecule has 0 aliphatic carbocycles. The average molecular weight is 249 g/mol. The number of hydrogen-bond acceptors (Lipinski definition) is 1. The first-order chi connectivity index (χ1) is 9.21. The molecule has 96 valence electrons. The Hall–Kier alpha value is -2.41. The summed E-state index contributed by atoms with van der Waals surface area (Å²) in [5.41, 5.74) is 4.39. The molecule has 1 aromatic heterocycles. The number of benzene rings is 1. The Kier molecular flexibility index (Phi) is 6.04. The van der Waals surface area contributed by atoms with Crippen LogP contribution in [0.15, 0.2) is 62.3 Å². The van der Waals surface area contributed by atoms with E-state index < -0.39 is 0 Å². The fourth-order valence-electron chi connectivity index (χ4n) is 1.48. The third-order valence-electron chi connectivity index (χ3n) is 2.61. The van der Waals surface area contributed by atoms with E-state index in [0.717, 1.165) is 22.4 Å². The fourth-order valence-corrected chi connectivity index (χ4v) is 1.48. The Morgan fingerprint density at radius 3 is 1.79 bits per heavy atom. The lowest BCUT2D eigenvalue weighted by atomic mass is 10.1. The van der Waals surface area contributed by atoms with Crippen LogP contribution in [-0.4, -0.2) is 4.98 Å². The minimum atomic E-state index is 1.04. The SMILES string of the molecule is C=Cc1ccc(C)nc1.C=Cc1ccccc1C=C. The quantitative estimate of drug-likeness (QED) is 0.745. The molecule has 0 spiro atoms. The van der Waals surface area contributed by atoms with Crippen LogP contribution in [0, 0.1) is 6.92 Å². The third-order valence-corrected chi connectivity index (χ3v) is 2.61. The van der Waals surface area contributed by atoms with Gasteiger partial charge in [-0.1, -0.05) is 68.3 Å². The van der Waals surface area contributed by atoms with Crippen LogP contribution in [0.5, 0.6) is 0 Å². The van der Waals surface area contributed by atoms with Crippen LogP contribution in [0.1, 0.15) is 22.4 Å². The van der Waals surface area contributed by atoms with Gasteiger partial charge in [-0.3, -0.25) is 4.98 Å². The second-order valence-corrected chi connectivity index (χ2v) is 3.97. The van der Waals surface area contributed by atoms with E-state index in [0.29, 0.717) is 0 Å². The van der Waals surface area contributed by atoms with Gasteiger partial charge < -0.3 is 0 Å². The highest BCUT2D eigenvalue weighted by Gasteiger charge is 1.89. The van der Waals surface area contributed by atoms with Crippen molar-refractivity contribution < 1.29 is 0 Å². The van der Waals surface area contributed by atoms with Crippen molar-refractivity contribution in [1.82, 2.24) is 4.98 Å². The van der Waals surface area contributed by atoms with Gasteiger partial charge in [0.1, 0.15) is 0 Å². The zero-order valence-electron chi connectivity index (χ0n) is 11.3. The van der Waals surface area contributed by atoms with Crippen LogP contribution in [-0.2, 0) is 0 Å². The summed E-state index contributed by atoms with van der Waals surface area (Å²) < 4.78 is 0. The van der Waals surface area contributed by atoms with Crippen LogP contribution in [0.3, 0.4) is 0 Å². The number of hydrogen-bond donors (Lipinski definition) is 0. The monoisotopic (exact) mass is 249 g/mol. The Morgan fingerprint density at radius 1 is 0.842 bits per heavy atom. The first-order valence-corrected chi connectivity index (χ1v) is 6.10. The first-order valence-electron chi connectivity index (χ1n) is 6.10. The van der Waals surface area contributed by atoms with Crippen molar-refractivity contribution in [2.75, 3.05) is 0 Å². The predicted octanol–water partition coefficient (Wildman–Crippen LogP) is 5.01. The molecule has 0 fully saturated rings. The lowest BCUT2D eigenvalue weighted by molar-refractivity contribution is 1.19. The molecule has 0 bridgehead atoms. The maximum atomic E-state index is 4.08. The molecule has 0 atom stereocenters. The van der Waals surface area contributed by atoms with Gasteiger partial charge in [-0.15, -0.1) is 0 Å². The number of nitrogens with zero attached hydrogens (tertiary/aromatic N) is 1. The van der Waals surface area contributed by atoms with E-state index in [-0.39, 0.29) is 0 Å². The molecule has 0 amide bonds. The van der Waals surface area contributed by atoms with Gasteiger partial charge in [0.05, 0.1) is 0 Å². The molecular formula is C18H19N. The maximum Gasteiger partial charge on any atom is 0.0373 e. The first kappa shape index (κ1) is 14.7. The van der Waals surface area contributed by atoms with E-state index in [4.69, 9.17) is 0 Å². The van der Waals surface area contributed by atoms with Crippen LogP contribution >= 0.6 is 0 Å². The van der Waals surface area contributed by atoms with Crippen LogP contribution < -0.4 is 0 Å². The van der Waals surface area contributed by atoms with E-state index in [1.807, 2.05) is 61.7 Å². The second kappa shape index (κ2) is 7.83. The predicted molar refractivity (Wildman–Crippen MR) is 85.7 cm³/mol. The van der Waals surface area contributed by atoms with Gasteiger partial charge >= 0.3 is 0 Å². The second-order valence-electron chi connectivity index (χ2n) is 3.97. The highest BCUT2D eigenvalue weighted by Crippen LogP contribution is 2.10. The van der Waals surface area contributed by atoms with Crippen molar-refractivity contribution in [2.24, 2.45) is 0 Å². The van der Waals surface area contributed by atoms with Crippen LogP contribution in [0.2, 0.25) is 0 Å². The molecule has 0 saturated carbocycles. The molecule has 0 saturated heterocycles. The van der Waals surface area contributed by atoms with Crippen LogP contribution in [0.25, 0.3) is 18.2 Å². The molecule has 0 aliphatic rings. The fraction of sp³-hybridized carbons (Fsp3) is 0.0556. The molecule has 1 nitrogen and oxygen atoms in total. The minimum Gasteiger partial charge on any atom is -0.261 e. The number of pyridine rings is 1. The lowest BCUT2D eigenvalue weighted by Gasteiger charge is -1.96. The third kappa shape index (κ3) is 4.76. The van der Waals surface area contributed by atoms with Gasteiger partial charge in [0, 0.05) is 11.9 Å². The molecular weight excluding hydrogens is 230 g/mol. The Bertz CT molecular complexity index is 523. The topological polar surface area (TPSA) is 12.9 Å². The molecule has 1 heterocycles. The van der Waals surface area contributed by atoms with Crippen molar-refractivity contribution >= 4 is 18.2 Å². The zero-order valence-corrected chi connectivity index (χ0v) is 11.3. The van der Waals surface area contributed by atoms with E-state index in [9.17, 15) is 0 Å². The molecule has 0 aliphatic heterocycles. The summed E-state index contributed by atoms with van der Waals surface area (Å²) >= 11 is 0. The van der Waals surface area contributed by atoms with E-state index in [1.165, 1.54) is 0 Å². The number of aryl methyl sites for hydroxylation is 1. The zero-order chi connectivity index (χ0) is 14.1. The van der Waals surface area contributed by atoms with Crippen molar-refractivity contribution in [3.63, 3.8) is 0 Å². The largest absolute Gasteiger partial charge is 0.261 e. The van der Waals surface area contributed by atoms with Crippen molar-refractivity contribution in [2.45, 2.75) is 6.92 Å². The summed E-state index contributed by atoms with van der Waals surface area (Å²) in [6.45, 7) is 13.0. The standard InChI is InChI=1S/C10H10.C8H9N/c1-3-9-7-5-6-8-10(9)4-2;1-3-8-5-4-7(2)9-6-8/h3-8H,1-2H2;3-6H,1H2,2H3. The Morgan fingerprint density at radius 2 is 1.42 bits per heavy atom. The molecule has 0 radical (unpaired) electrons. The Balaban J connectivity index is 0.000000191. The van der Waals surface area contributed by atoms with Crippen LogP contribution in [0.4, 0.5) is 0 Å². The van der Waals surface area contributed by atoms with Gasteiger partial charge in [0.15, 0.2) is 0 Å².